The third-order valence-corrected chi connectivity index (χ3v) is 5.18. The predicted molar refractivity (Wildman–Crippen MR) is 79.9 cm³/mol. The second-order valence-electron chi connectivity index (χ2n) is 5.79. The molecule has 3 heteroatoms. The van der Waals surface area contributed by atoms with E-state index in [-0.39, 0.29) is 0 Å². The minimum Gasteiger partial charge on any atom is -0.315 e. The van der Waals surface area contributed by atoms with E-state index in [0.717, 1.165) is 30.3 Å². The lowest BCUT2D eigenvalue weighted by Gasteiger charge is -2.41. The van der Waals surface area contributed by atoms with Gasteiger partial charge in [-0.2, -0.15) is 11.8 Å². The highest BCUT2D eigenvalue weighted by molar-refractivity contribution is 8.00. The molecule has 1 fully saturated rings. The summed E-state index contributed by atoms with van der Waals surface area (Å²) in [5.74, 6) is 2.10. The van der Waals surface area contributed by atoms with Crippen LogP contribution in [0.25, 0.3) is 0 Å². The van der Waals surface area contributed by atoms with Gasteiger partial charge in [-0.3, -0.25) is 4.90 Å². The van der Waals surface area contributed by atoms with E-state index in [1.165, 1.54) is 18.7 Å². The molecular formula is C14H30N2S. The first-order valence-electron chi connectivity index (χ1n) is 7.10. The molecule has 0 aromatic rings. The summed E-state index contributed by atoms with van der Waals surface area (Å²) >= 11 is 2.12. The predicted octanol–water partition coefficient (Wildman–Crippen LogP) is 2.84. The molecule has 17 heavy (non-hydrogen) atoms. The van der Waals surface area contributed by atoms with E-state index in [0.29, 0.717) is 6.04 Å². The van der Waals surface area contributed by atoms with Gasteiger partial charge < -0.3 is 5.32 Å². The third kappa shape index (κ3) is 5.19. The summed E-state index contributed by atoms with van der Waals surface area (Å²) in [5.41, 5.74) is 0. The van der Waals surface area contributed by atoms with Crippen LogP contribution in [0.1, 0.15) is 41.0 Å². The Balaban J connectivity index is 2.24. The van der Waals surface area contributed by atoms with Crippen molar-refractivity contribution in [3.05, 3.63) is 0 Å². The molecule has 0 saturated carbocycles. The van der Waals surface area contributed by atoms with Gasteiger partial charge in [0, 0.05) is 36.2 Å². The molecule has 1 N–H and O–H groups in total. The van der Waals surface area contributed by atoms with Crippen molar-refractivity contribution < 1.29 is 0 Å². The SMILES string of the molecule is CC(C)CCNCC(C)N1CCSC(C)C1C. The first kappa shape index (κ1) is 15.3. The van der Waals surface area contributed by atoms with Crippen LogP contribution in [0.2, 0.25) is 0 Å². The number of rotatable bonds is 6. The largest absolute Gasteiger partial charge is 0.315 e. The summed E-state index contributed by atoms with van der Waals surface area (Å²) in [6.45, 7) is 15.2. The van der Waals surface area contributed by atoms with Crippen LogP contribution in [-0.2, 0) is 0 Å². The molecule has 0 radical (unpaired) electrons. The fraction of sp³-hybridized carbons (Fsp3) is 1.00. The average molecular weight is 258 g/mol. The number of nitrogens with one attached hydrogen (secondary N) is 1. The van der Waals surface area contributed by atoms with Crippen LogP contribution in [0, 0.1) is 5.92 Å². The van der Waals surface area contributed by atoms with Crippen molar-refractivity contribution in [2.75, 3.05) is 25.4 Å². The van der Waals surface area contributed by atoms with E-state index < -0.39 is 0 Å². The van der Waals surface area contributed by atoms with Crippen LogP contribution in [-0.4, -0.2) is 47.6 Å². The monoisotopic (exact) mass is 258 g/mol. The number of nitrogens with zero attached hydrogens (tertiary/aromatic N) is 1. The van der Waals surface area contributed by atoms with Crippen LogP contribution < -0.4 is 5.32 Å². The van der Waals surface area contributed by atoms with Crippen molar-refractivity contribution >= 4 is 11.8 Å². The maximum absolute atomic E-state index is 3.60. The summed E-state index contributed by atoms with van der Waals surface area (Å²) in [4.78, 5) is 2.67. The maximum Gasteiger partial charge on any atom is 0.0195 e. The molecule has 1 aliphatic rings. The van der Waals surface area contributed by atoms with Gasteiger partial charge in [-0.05, 0) is 32.7 Å². The van der Waals surface area contributed by atoms with Gasteiger partial charge in [0.25, 0.3) is 0 Å². The van der Waals surface area contributed by atoms with Gasteiger partial charge in [0.2, 0.25) is 0 Å². The average Bonchev–Trinajstić information content (AvgIpc) is 2.27. The zero-order valence-corrected chi connectivity index (χ0v) is 13.0. The molecule has 0 aliphatic carbocycles. The lowest BCUT2D eigenvalue weighted by molar-refractivity contribution is 0.154. The Morgan fingerprint density at radius 1 is 1.29 bits per heavy atom. The van der Waals surface area contributed by atoms with Crippen LogP contribution in [0.5, 0.6) is 0 Å². The molecule has 3 unspecified atom stereocenters. The molecular weight excluding hydrogens is 228 g/mol. The van der Waals surface area contributed by atoms with Crippen molar-refractivity contribution in [2.24, 2.45) is 5.92 Å². The minimum absolute atomic E-state index is 0.667. The normalized spacial score (nSPS) is 28.6. The van der Waals surface area contributed by atoms with Gasteiger partial charge in [-0.1, -0.05) is 20.8 Å². The van der Waals surface area contributed by atoms with Gasteiger partial charge in [-0.15, -0.1) is 0 Å². The number of thioether (sulfide) groups is 1. The quantitative estimate of drug-likeness (QED) is 0.738. The van der Waals surface area contributed by atoms with E-state index in [2.05, 4.69) is 56.6 Å². The second kappa shape index (κ2) is 7.65. The number of hydrogen-bond donors (Lipinski definition) is 1. The fourth-order valence-corrected chi connectivity index (χ4v) is 3.52. The van der Waals surface area contributed by atoms with Crippen molar-refractivity contribution in [3.8, 4) is 0 Å². The minimum atomic E-state index is 0.667. The zero-order chi connectivity index (χ0) is 12.8. The molecule has 3 atom stereocenters. The molecule has 102 valence electrons. The molecule has 0 bridgehead atoms. The topological polar surface area (TPSA) is 15.3 Å². The summed E-state index contributed by atoms with van der Waals surface area (Å²) in [6.07, 6.45) is 1.29. The Labute approximate surface area is 112 Å². The zero-order valence-electron chi connectivity index (χ0n) is 12.2. The fourth-order valence-electron chi connectivity index (χ4n) is 2.40. The molecule has 0 spiro atoms. The smallest absolute Gasteiger partial charge is 0.0195 e. The molecule has 2 nitrogen and oxygen atoms in total. The first-order chi connectivity index (χ1) is 8.02. The van der Waals surface area contributed by atoms with Crippen molar-refractivity contribution in [1.29, 1.82) is 0 Å². The maximum atomic E-state index is 3.60. The highest BCUT2D eigenvalue weighted by Gasteiger charge is 2.28. The summed E-state index contributed by atoms with van der Waals surface area (Å²) in [6, 6.07) is 1.39. The van der Waals surface area contributed by atoms with Gasteiger partial charge >= 0.3 is 0 Å². The van der Waals surface area contributed by atoms with Crippen LogP contribution >= 0.6 is 11.8 Å². The Hall–Kier alpha value is 0.270. The van der Waals surface area contributed by atoms with Crippen molar-refractivity contribution in [2.45, 2.75) is 58.4 Å². The van der Waals surface area contributed by atoms with Gasteiger partial charge in [-0.25, -0.2) is 0 Å². The summed E-state index contributed by atoms with van der Waals surface area (Å²) < 4.78 is 0. The Morgan fingerprint density at radius 2 is 2.00 bits per heavy atom. The second-order valence-corrected chi connectivity index (χ2v) is 7.28. The van der Waals surface area contributed by atoms with E-state index in [4.69, 9.17) is 0 Å². The highest BCUT2D eigenvalue weighted by Crippen LogP contribution is 2.25. The number of hydrogen-bond acceptors (Lipinski definition) is 3. The lowest BCUT2D eigenvalue weighted by atomic mass is 10.1. The molecule has 0 aromatic heterocycles. The molecule has 1 rings (SSSR count). The summed E-state index contributed by atoms with van der Waals surface area (Å²) in [7, 11) is 0. The molecule has 0 aromatic carbocycles. The van der Waals surface area contributed by atoms with Crippen LogP contribution in [0.4, 0.5) is 0 Å². The third-order valence-electron chi connectivity index (χ3n) is 3.84. The van der Waals surface area contributed by atoms with E-state index in [1.54, 1.807) is 0 Å². The molecule has 1 heterocycles. The lowest BCUT2D eigenvalue weighted by Crippen LogP contribution is -2.52. The first-order valence-corrected chi connectivity index (χ1v) is 8.15. The standard InChI is InChI=1S/C14H30N2S/c1-11(2)6-7-15-10-12(3)16-8-9-17-14(5)13(16)4/h11-15H,6-10H2,1-5H3. The van der Waals surface area contributed by atoms with Crippen LogP contribution in [0.3, 0.4) is 0 Å². The Bertz CT molecular complexity index is 208. The van der Waals surface area contributed by atoms with Crippen LogP contribution in [0.15, 0.2) is 0 Å². The van der Waals surface area contributed by atoms with Gasteiger partial charge in [0.15, 0.2) is 0 Å². The Kier molecular flexibility index (Phi) is 6.90. The molecule has 1 saturated heterocycles. The van der Waals surface area contributed by atoms with Crippen molar-refractivity contribution in [1.82, 2.24) is 10.2 Å². The van der Waals surface area contributed by atoms with Crippen molar-refractivity contribution in [3.63, 3.8) is 0 Å². The van der Waals surface area contributed by atoms with E-state index in [9.17, 15) is 0 Å². The molecule has 1 aliphatic heterocycles. The van der Waals surface area contributed by atoms with Gasteiger partial charge in [0.1, 0.15) is 0 Å². The van der Waals surface area contributed by atoms with E-state index >= 15 is 0 Å². The highest BCUT2D eigenvalue weighted by atomic mass is 32.2. The summed E-state index contributed by atoms with van der Waals surface area (Å²) in [5, 5.41) is 4.38. The van der Waals surface area contributed by atoms with Gasteiger partial charge in [0.05, 0.1) is 0 Å². The Morgan fingerprint density at radius 3 is 2.65 bits per heavy atom. The van der Waals surface area contributed by atoms with E-state index in [1.807, 2.05) is 0 Å². The molecule has 0 amide bonds.